The summed E-state index contributed by atoms with van der Waals surface area (Å²) in [5.41, 5.74) is -0.131. The molecular weight excluding hydrogens is 170 g/mol. The van der Waals surface area contributed by atoms with Gasteiger partial charge in [-0.2, -0.15) is 0 Å². The fourth-order valence-electron chi connectivity index (χ4n) is 1.52. The molecule has 1 aliphatic heterocycles. The number of hydrogen-bond acceptors (Lipinski definition) is 2. The van der Waals surface area contributed by atoms with Crippen LogP contribution in [0.15, 0.2) is 4.36 Å². The van der Waals surface area contributed by atoms with Crippen molar-refractivity contribution < 1.29 is 4.21 Å². The zero-order valence-electron chi connectivity index (χ0n) is 8.30. The molecule has 0 unspecified atom stereocenters. The lowest BCUT2D eigenvalue weighted by molar-refractivity contribution is 0.574. The molecular formula is C9H19NOS. The summed E-state index contributed by atoms with van der Waals surface area (Å²) in [7, 11) is -1.82. The molecule has 0 atom stereocenters. The highest BCUT2D eigenvalue weighted by Gasteiger charge is 2.18. The minimum atomic E-state index is -1.82. The van der Waals surface area contributed by atoms with Gasteiger partial charge in [0.2, 0.25) is 0 Å². The molecule has 1 heterocycles. The molecule has 1 aliphatic rings. The summed E-state index contributed by atoms with van der Waals surface area (Å²) < 4.78 is 16.5. The van der Waals surface area contributed by atoms with E-state index < -0.39 is 9.73 Å². The average molecular weight is 189 g/mol. The molecule has 12 heavy (non-hydrogen) atoms. The van der Waals surface area contributed by atoms with Crippen LogP contribution in [0, 0.1) is 0 Å². The molecule has 0 saturated carbocycles. The Morgan fingerprint density at radius 1 is 1.08 bits per heavy atom. The van der Waals surface area contributed by atoms with E-state index in [1.165, 1.54) is 6.42 Å². The van der Waals surface area contributed by atoms with Crippen LogP contribution in [0.3, 0.4) is 0 Å². The van der Waals surface area contributed by atoms with Gasteiger partial charge in [0.05, 0.1) is 5.54 Å². The second-order valence-electron chi connectivity index (χ2n) is 4.50. The summed E-state index contributed by atoms with van der Waals surface area (Å²) in [6, 6.07) is 0. The van der Waals surface area contributed by atoms with E-state index in [1.807, 2.05) is 20.8 Å². The van der Waals surface area contributed by atoms with Crippen LogP contribution >= 0.6 is 0 Å². The third-order valence-electron chi connectivity index (χ3n) is 1.87. The van der Waals surface area contributed by atoms with Crippen molar-refractivity contribution in [2.24, 2.45) is 4.36 Å². The molecule has 0 bridgehead atoms. The van der Waals surface area contributed by atoms with Crippen molar-refractivity contribution in [1.29, 1.82) is 0 Å². The lowest BCUT2D eigenvalue weighted by atomic mass is 10.1. The predicted molar refractivity (Wildman–Crippen MR) is 53.9 cm³/mol. The standard InChI is InChI=1S/C9H19NOS/c1-9(2,3)10-12(11)7-5-4-6-8-12/h4-8H2,1-3H3. The second-order valence-corrected chi connectivity index (χ2v) is 7.05. The topological polar surface area (TPSA) is 29.4 Å². The highest BCUT2D eigenvalue weighted by atomic mass is 32.2. The monoisotopic (exact) mass is 189 g/mol. The normalized spacial score (nSPS) is 23.6. The summed E-state index contributed by atoms with van der Waals surface area (Å²) in [6.45, 7) is 6.07. The molecule has 2 nitrogen and oxygen atoms in total. The maximum absolute atomic E-state index is 12.1. The van der Waals surface area contributed by atoms with Gasteiger partial charge in [0.1, 0.15) is 0 Å². The second kappa shape index (κ2) is 3.36. The van der Waals surface area contributed by atoms with Crippen molar-refractivity contribution >= 4 is 9.73 Å². The molecule has 0 amide bonds. The molecule has 0 aromatic carbocycles. The van der Waals surface area contributed by atoms with Crippen molar-refractivity contribution in [3.8, 4) is 0 Å². The average Bonchev–Trinajstić information content (AvgIpc) is 1.83. The Balaban J connectivity index is 2.83. The molecule has 0 N–H and O–H groups in total. The van der Waals surface area contributed by atoms with Crippen molar-refractivity contribution in [3.05, 3.63) is 0 Å². The molecule has 72 valence electrons. The van der Waals surface area contributed by atoms with E-state index in [9.17, 15) is 4.21 Å². The first-order valence-electron chi connectivity index (χ1n) is 4.65. The molecule has 0 aromatic rings. The maximum atomic E-state index is 12.1. The Bertz CT molecular complexity index is 244. The lowest BCUT2D eigenvalue weighted by Crippen LogP contribution is -2.22. The maximum Gasteiger partial charge on any atom is 0.0618 e. The molecule has 1 saturated heterocycles. The molecule has 0 spiro atoms. The van der Waals surface area contributed by atoms with Gasteiger partial charge in [-0.1, -0.05) is 6.42 Å². The van der Waals surface area contributed by atoms with Crippen molar-refractivity contribution in [1.82, 2.24) is 0 Å². The summed E-state index contributed by atoms with van der Waals surface area (Å²) in [5, 5.41) is 0. The van der Waals surface area contributed by atoms with Gasteiger partial charge < -0.3 is 0 Å². The lowest BCUT2D eigenvalue weighted by Gasteiger charge is -2.20. The Hall–Kier alpha value is -0.0500. The summed E-state index contributed by atoms with van der Waals surface area (Å²) in [4.78, 5) is 0. The van der Waals surface area contributed by atoms with Gasteiger partial charge in [-0.3, -0.25) is 0 Å². The first-order chi connectivity index (χ1) is 5.41. The van der Waals surface area contributed by atoms with Gasteiger partial charge in [-0.25, -0.2) is 8.57 Å². The van der Waals surface area contributed by atoms with E-state index in [0.29, 0.717) is 0 Å². The largest absolute Gasteiger partial charge is 0.250 e. The van der Waals surface area contributed by atoms with E-state index in [0.717, 1.165) is 24.3 Å². The number of hydrogen-bond donors (Lipinski definition) is 0. The summed E-state index contributed by atoms with van der Waals surface area (Å²) in [5.74, 6) is 1.65. The Morgan fingerprint density at radius 2 is 1.58 bits per heavy atom. The van der Waals surface area contributed by atoms with Crippen LogP contribution in [0.2, 0.25) is 0 Å². The Morgan fingerprint density at radius 3 is 2.00 bits per heavy atom. The van der Waals surface area contributed by atoms with Gasteiger partial charge in [0.25, 0.3) is 0 Å². The Labute approximate surface area is 75.9 Å². The fourth-order valence-corrected chi connectivity index (χ4v) is 4.22. The number of nitrogens with zero attached hydrogens (tertiary/aromatic N) is 1. The minimum absolute atomic E-state index is 0.131. The van der Waals surface area contributed by atoms with E-state index in [-0.39, 0.29) is 5.54 Å². The van der Waals surface area contributed by atoms with Crippen LogP contribution in [-0.4, -0.2) is 21.3 Å². The predicted octanol–water partition coefficient (Wildman–Crippen LogP) is 2.44. The van der Waals surface area contributed by atoms with Crippen molar-refractivity contribution in [3.63, 3.8) is 0 Å². The smallest absolute Gasteiger partial charge is 0.0618 e. The van der Waals surface area contributed by atoms with Gasteiger partial charge in [0.15, 0.2) is 0 Å². The zero-order chi connectivity index (χ0) is 9.24. The SMILES string of the molecule is CC(C)(C)N=S1(=O)CCCCC1. The van der Waals surface area contributed by atoms with Crippen LogP contribution in [0.25, 0.3) is 0 Å². The third kappa shape index (κ3) is 3.13. The minimum Gasteiger partial charge on any atom is -0.250 e. The first-order valence-corrected chi connectivity index (χ1v) is 6.50. The van der Waals surface area contributed by atoms with E-state index in [4.69, 9.17) is 0 Å². The molecule has 3 heteroatoms. The Kier molecular flexibility index (Phi) is 2.81. The highest BCUT2D eigenvalue weighted by molar-refractivity contribution is 7.93. The van der Waals surface area contributed by atoms with Crippen molar-refractivity contribution in [2.75, 3.05) is 11.5 Å². The van der Waals surface area contributed by atoms with Gasteiger partial charge in [-0.05, 0) is 33.6 Å². The molecule has 0 aliphatic carbocycles. The quantitative estimate of drug-likeness (QED) is 0.575. The fraction of sp³-hybridized carbons (Fsp3) is 1.00. The molecule has 0 aromatic heterocycles. The van der Waals surface area contributed by atoms with Crippen LogP contribution < -0.4 is 0 Å². The van der Waals surface area contributed by atoms with Gasteiger partial charge >= 0.3 is 0 Å². The van der Waals surface area contributed by atoms with Crippen LogP contribution in [0.5, 0.6) is 0 Å². The molecule has 1 fully saturated rings. The van der Waals surface area contributed by atoms with Crippen LogP contribution in [0.1, 0.15) is 40.0 Å². The van der Waals surface area contributed by atoms with Crippen LogP contribution in [-0.2, 0) is 9.73 Å². The summed E-state index contributed by atoms with van der Waals surface area (Å²) >= 11 is 0. The highest BCUT2D eigenvalue weighted by Crippen LogP contribution is 2.18. The first kappa shape index (κ1) is 10.0. The van der Waals surface area contributed by atoms with E-state index >= 15 is 0 Å². The van der Waals surface area contributed by atoms with Gasteiger partial charge in [0, 0.05) is 21.2 Å². The molecule has 0 radical (unpaired) electrons. The van der Waals surface area contributed by atoms with Crippen molar-refractivity contribution in [2.45, 2.75) is 45.6 Å². The third-order valence-corrected chi connectivity index (χ3v) is 4.60. The molecule has 1 rings (SSSR count). The number of rotatable bonds is 0. The zero-order valence-corrected chi connectivity index (χ0v) is 9.12. The summed E-state index contributed by atoms with van der Waals surface area (Å²) in [6.07, 6.45) is 3.42. The van der Waals surface area contributed by atoms with E-state index in [1.54, 1.807) is 0 Å². The van der Waals surface area contributed by atoms with Gasteiger partial charge in [-0.15, -0.1) is 0 Å². The van der Waals surface area contributed by atoms with Crippen LogP contribution in [0.4, 0.5) is 0 Å². The van der Waals surface area contributed by atoms with E-state index in [2.05, 4.69) is 4.36 Å².